The summed E-state index contributed by atoms with van der Waals surface area (Å²) < 4.78 is 1.01. The number of halogens is 1. The third-order valence-electron chi connectivity index (χ3n) is 4.43. The van der Waals surface area contributed by atoms with Crippen LogP contribution in [0.15, 0.2) is 102 Å². The summed E-state index contributed by atoms with van der Waals surface area (Å²) in [5.74, 6) is -3.30. The molecule has 0 aliphatic carbocycles. The first-order chi connectivity index (χ1) is 11.6. The third-order valence-corrected chi connectivity index (χ3v) is 14.0. The number of hydrogen-bond donors (Lipinski definition) is 0. The van der Waals surface area contributed by atoms with E-state index >= 15 is 0 Å². The fraction of sp³-hybridized carbons (Fsp3) is 0.0476. The molecule has 0 nitrogen and oxygen atoms in total. The van der Waals surface area contributed by atoms with Crippen molar-refractivity contribution in [3.05, 3.63) is 102 Å². The van der Waals surface area contributed by atoms with Crippen molar-refractivity contribution in [1.82, 2.24) is 0 Å². The first-order valence-corrected chi connectivity index (χ1v) is 12.1. The molecule has 0 atom stereocenters. The molecule has 0 radical (unpaired) electrons. The van der Waals surface area contributed by atoms with Crippen molar-refractivity contribution < 1.29 is 0 Å². The Balaban J connectivity index is 2.50. The average Bonchev–Trinajstić information content (AvgIpc) is 2.69. The molecule has 0 bridgehead atoms. The van der Waals surface area contributed by atoms with Crippen LogP contribution in [0.1, 0.15) is 0 Å². The molecule has 0 aliphatic heterocycles. The van der Waals surface area contributed by atoms with E-state index in [-0.39, 0.29) is 0 Å². The van der Waals surface area contributed by atoms with Gasteiger partial charge in [-0.1, -0.05) is 0 Å². The van der Waals surface area contributed by atoms with E-state index in [9.17, 15) is 0 Å². The minimum absolute atomic E-state index is 1.01. The van der Waals surface area contributed by atoms with Crippen LogP contribution >= 0.6 is 29.0 Å². The molecule has 0 aromatic heterocycles. The van der Waals surface area contributed by atoms with Crippen LogP contribution < -0.4 is 15.9 Å². The summed E-state index contributed by atoms with van der Waals surface area (Å²) in [6, 6.07) is 31.2. The molecule has 3 heteroatoms. The Bertz CT molecular complexity index is 732. The molecule has 0 N–H and O–H groups in total. The summed E-state index contributed by atoms with van der Waals surface area (Å²) in [4.78, 5) is 0. The van der Waals surface area contributed by atoms with E-state index in [1.807, 2.05) is 18.2 Å². The predicted molar refractivity (Wildman–Crippen MR) is 114 cm³/mol. The van der Waals surface area contributed by atoms with Crippen molar-refractivity contribution in [2.75, 3.05) is 6.26 Å². The molecule has 0 amide bonds. The van der Waals surface area contributed by atoms with Crippen LogP contribution in [-0.4, -0.2) is 6.26 Å². The SMILES string of the molecule is C=C(SC)P(Cl)(c1ccccc1)(c1ccccc1)c1ccccc1. The van der Waals surface area contributed by atoms with Crippen molar-refractivity contribution in [2.24, 2.45) is 0 Å². The number of thioether (sulfide) groups is 1. The predicted octanol–water partition coefficient (Wildman–Crippen LogP) is 5.50. The fourth-order valence-corrected chi connectivity index (χ4v) is 11.1. The van der Waals surface area contributed by atoms with Crippen LogP contribution in [0, 0.1) is 0 Å². The van der Waals surface area contributed by atoms with Gasteiger partial charge in [-0.15, -0.1) is 0 Å². The fourth-order valence-electron chi connectivity index (χ4n) is 3.17. The maximum atomic E-state index is 7.83. The molecular formula is C21H20ClPS. The summed E-state index contributed by atoms with van der Waals surface area (Å²) in [5, 5.41) is 3.38. The molecule has 24 heavy (non-hydrogen) atoms. The van der Waals surface area contributed by atoms with E-state index in [4.69, 9.17) is 11.2 Å². The molecule has 122 valence electrons. The summed E-state index contributed by atoms with van der Waals surface area (Å²) in [7, 11) is 0. The number of rotatable bonds is 5. The van der Waals surface area contributed by atoms with E-state index in [1.165, 1.54) is 0 Å². The van der Waals surface area contributed by atoms with E-state index in [1.54, 1.807) is 11.8 Å². The minimum atomic E-state index is -3.30. The zero-order valence-electron chi connectivity index (χ0n) is 13.6. The summed E-state index contributed by atoms with van der Waals surface area (Å²) in [6.07, 6.45) is 2.06. The van der Waals surface area contributed by atoms with Crippen LogP contribution in [-0.2, 0) is 0 Å². The summed E-state index contributed by atoms with van der Waals surface area (Å²) in [6.45, 7) is 4.44. The normalized spacial score (nSPS) is 13.0. The first kappa shape index (κ1) is 17.3. The van der Waals surface area contributed by atoms with Crippen molar-refractivity contribution in [2.45, 2.75) is 0 Å². The van der Waals surface area contributed by atoms with Gasteiger partial charge in [0.2, 0.25) is 0 Å². The van der Waals surface area contributed by atoms with E-state index in [0.717, 1.165) is 20.6 Å². The van der Waals surface area contributed by atoms with Crippen LogP contribution in [0.5, 0.6) is 0 Å². The second-order valence-corrected chi connectivity index (χ2v) is 13.0. The van der Waals surface area contributed by atoms with Crippen LogP contribution in [0.4, 0.5) is 0 Å². The maximum absolute atomic E-state index is 7.83. The zero-order valence-corrected chi connectivity index (χ0v) is 16.1. The van der Waals surface area contributed by atoms with Crippen molar-refractivity contribution >= 4 is 44.9 Å². The average molecular weight is 371 g/mol. The van der Waals surface area contributed by atoms with Crippen molar-refractivity contribution in [3.8, 4) is 0 Å². The van der Waals surface area contributed by atoms with Gasteiger partial charge in [-0.05, 0) is 0 Å². The quantitative estimate of drug-likeness (QED) is 0.534. The van der Waals surface area contributed by atoms with Crippen molar-refractivity contribution in [3.63, 3.8) is 0 Å². The van der Waals surface area contributed by atoms with Gasteiger partial charge in [0.15, 0.2) is 0 Å². The van der Waals surface area contributed by atoms with Gasteiger partial charge in [-0.3, -0.25) is 0 Å². The van der Waals surface area contributed by atoms with Crippen molar-refractivity contribution in [1.29, 1.82) is 0 Å². The molecule has 3 aromatic rings. The van der Waals surface area contributed by atoms with Crippen LogP contribution in [0.3, 0.4) is 0 Å². The first-order valence-electron chi connectivity index (χ1n) is 7.76. The molecule has 0 heterocycles. The Labute approximate surface area is 153 Å². The Kier molecular flexibility index (Phi) is 4.88. The Morgan fingerprint density at radius 1 is 0.708 bits per heavy atom. The molecule has 0 unspecified atom stereocenters. The Morgan fingerprint density at radius 3 is 1.25 bits per heavy atom. The van der Waals surface area contributed by atoms with E-state index in [2.05, 4.69) is 85.6 Å². The van der Waals surface area contributed by atoms with Gasteiger partial charge in [0.25, 0.3) is 0 Å². The Morgan fingerprint density at radius 2 is 1.00 bits per heavy atom. The van der Waals surface area contributed by atoms with Gasteiger partial charge in [0, 0.05) is 0 Å². The molecule has 0 saturated carbocycles. The van der Waals surface area contributed by atoms with Gasteiger partial charge in [-0.25, -0.2) is 0 Å². The molecule has 0 aliphatic rings. The van der Waals surface area contributed by atoms with Gasteiger partial charge in [0.1, 0.15) is 0 Å². The Hall–Kier alpha value is -1.53. The molecule has 0 spiro atoms. The third kappa shape index (κ3) is 2.43. The second-order valence-electron chi connectivity index (χ2n) is 5.61. The topological polar surface area (TPSA) is 0 Å². The zero-order chi connectivity index (χ0) is 17.1. The monoisotopic (exact) mass is 370 g/mol. The van der Waals surface area contributed by atoms with Gasteiger partial charge in [0.05, 0.1) is 0 Å². The molecule has 0 saturated heterocycles. The summed E-state index contributed by atoms with van der Waals surface area (Å²) >= 11 is 9.48. The summed E-state index contributed by atoms with van der Waals surface area (Å²) in [5.41, 5.74) is 0. The number of benzene rings is 3. The molecule has 0 fully saturated rings. The van der Waals surface area contributed by atoms with Gasteiger partial charge >= 0.3 is 153 Å². The second kappa shape index (κ2) is 6.76. The number of hydrogen-bond acceptors (Lipinski definition) is 1. The van der Waals surface area contributed by atoms with Gasteiger partial charge < -0.3 is 0 Å². The molecular weight excluding hydrogens is 351 g/mol. The van der Waals surface area contributed by atoms with Gasteiger partial charge in [-0.2, -0.15) is 0 Å². The van der Waals surface area contributed by atoms with E-state index < -0.39 is 5.96 Å². The van der Waals surface area contributed by atoms with E-state index in [0.29, 0.717) is 0 Å². The van der Waals surface area contributed by atoms with Crippen LogP contribution in [0.2, 0.25) is 0 Å². The van der Waals surface area contributed by atoms with Crippen LogP contribution in [0.25, 0.3) is 0 Å². The molecule has 3 aromatic carbocycles. The standard InChI is InChI=1S/C21H20ClPS/c1-18(24-2)23(22,19-12-6-3-7-13-19,20-14-8-4-9-15-20)21-16-10-5-11-17-21/h3-17H,1H2,2H3. The molecule has 3 rings (SSSR count).